The minimum atomic E-state index is -1.58. The summed E-state index contributed by atoms with van der Waals surface area (Å²) in [5.41, 5.74) is 5.85. The molecule has 39 heavy (non-hydrogen) atoms. The first-order valence-electron chi connectivity index (χ1n) is 13.1. The van der Waals surface area contributed by atoms with Crippen molar-refractivity contribution in [1.29, 1.82) is 0 Å². The molecule has 7 nitrogen and oxygen atoms in total. The van der Waals surface area contributed by atoms with Crippen LogP contribution in [0.1, 0.15) is 47.8 Å². The van der Waals surface area contributed by atoms with Gasteiger partial charge in [-0.3, -0.25) is 9.59 Å². The summed E-state index contributed by atoms with van der Waals surface area (Å²) in [5, 5.41) is 27.0. The zero-order valence-corrected chi connectivity index (χ0v) is 22.3. The second-order valence-corrected chi connectivity index (χ2v) is 10.2. The highest BCUT2D eigenvalue weighted by atomic mass is 16.4. The number of fused-ring (bicyclic) bond motifs is 2. The van der Waals surface area contributed by atoms with E-state index in [1.165, 1.54) is 5.56 Å². The Morgan fingerprint density at radius 1 is 0.974 bits per heavy atom. The van der Waals surface area contributed by atoms with Gasteiger partial charge in [0.05, 0.1) is 6.04 Å². The number of nitrogens with zero attached hydrogens (tertiary/aromatic N) is 1. The minimum absolute atomic E-state index is 0.0337. The highest BCUT2D eigenvalue weighted by molar-refractivity contribution is 6.59. The average molecular weight is 521 g/mol. The largest absolute Gasteiger partial charge is 0.488 e. The molecule has 4 N–H and O–H groups in total. The second-order valence-electron chi connectivity index (χ2n) is 10.2. The van der Waals surface area contributed by atoms with Crippen LogP contribution in [-0.2, 0) is 11.3 Å². The van der Waals surface area contributed by atoms with Gasteiger partial charge in [0.15, 0.2) is 0 Å². The van der Waals surface area contributed by atoms with Crippen molar-refractivity contribution in [3.8, 4) is 11.1 Å². The summed E-state index contributed by atoms with van der Waals surface area (Å²) in [6.45, 7) is 4.36. The van der Waals surface area contributed by atoms with Crippen LogP contribution in [0.4, 0.5) is 5.69 Å². The molecule has 2 amide bonds. The van der Waals surface area contributed by atoms with Gasteiger partial charge in [-0.15, -0.1) is 0 Å². The van der Waals surface area contributed by atoms with Gasteiger partial charge in [0, 0.05) is 30.8 Å². The summed E-state index contributed by atoms with van der Waals surface area (Å²) in [4.78, 5) is 28.0. The molecule has 0 bridgehead atoms. The van der Waals surface area contributed by atoms with Crippen molar-refractivity contribution < 1.29 is 19.6 Å². The highest BCUT2D eigenvalue weighted by Gasteiger charge is 2.33. The Kier molecular flexibility index (Phi) is 7.52. The molecule has 8 heteroatoms. The van der Waals surface area contributed by atoms with Gasteiger partial charge in [-0.1, -0.05) is 60.7 Å². The molecule has 0 aliphatic carbocycles. The summed E-state index contributed by atoms with van der Waals surface area (Å²) in [6, 6.07) is 24.5. The molecule has 1 aliphatic rings. The van der Waals surface area contributed by atoms with Crippen molar-refractivity contribution >= 4 is 40.9 Å². The van der Waals surface area contributed by atoms with E-state index in [1.807, 2.05) is 32.2 Å². The summed E-state index contributed by atoms with van der Waals surface area (Å²) in [6.07, 6.45) is 0.578. The Labute approximate surface area is 228 Å². The number of nitrogens with one attached hydrogen (secondary N) is 2. The molecule has 198 valence electrons. The standard InChI is InChI=1S/C31H32BN3O4/c1-19-15-29(34-31(37)27-6-4-5-24-16-25(32(38)39)12-13-26(24)27)28-17-23(11-14-30(28)35(19)20(2)36)22-9-7-21(8-10-22)18-33-3/h4-14,16-17,19,29,33,38-39H,15,18H2,1-3H3,(H,34,37)/t19-,29+/m0/s1. The van der Waals surface area contributed by atoms with E-state index < -0.39 is 7.12 Å². The Balaban J connectivity index is 1.51. The third kappa shape index (κ3) is 5.32. The Hall–Kier alpha value is -3.98. The number of carbonyl (C=O) groups excluding carboxylic acids is 2. The van der Waals surface area contributed by atoms with Crippen LogP contribution in [0.25, 0.3) is 21.9 Å². The molecule has 5 rings (SSSR count). The van der Waals surface area contributed by atoms with Crippen LogP contribution < -0.4 is 21.0 Å². The normalized spacial score (nSPS) is 16.6. The van der Waals surface area contributed by atoms with Crippen molar-refractivity contribution in [1.82, 2.24) is 10.6 Å². The molecule has 0 aromatic heterocycles. The fourth-order valence-corrected chi connectivity index (χ4v) is 5.58. The Morgan fingerprint density at radius 3 is 2.41 bits per heavy atom. The molecule has 0 unspecified atom stereocenters. The summed E-state index contributed by atoms with van der Waals surface area (Å²) >= 11 is 0. The van der Waals surface area contributed by atoms with Gasteiger partial charge in [-0.25, -0.2) is 0 Å². The maximum Gasteiger partial charge on any atom is 0.488 e. The first kappa shape index (κ1) is 26.6. The maximum absolute atomic E-state index is 13.6. The SMILES string of the molecule is CNCc1ccc(-c2ccc3c(c2)[C@H](NC(=O)c2cccc4cc(B(O)O)ccc24)C[C@H](C)N3C(C)=O)cc1. The molecule has 1 aliphatic heterocycles. The van der Waals surface area contributed by atoms with Crippen molar-refractivity contribution in [3.63, 3.8) is 0 Å². The van der Waals surface area contributed by atoms with Gasteiger partial charge in [-0.2, -0.15) is 0 Å². The summed E-state index contributed by atoms with van der Waals surface area (Å²) in [7, 11) is 0.341. The van der Waals surface area contributed by atoms with Gasteiger partial charge >= 0.3 is 7.12 Å². The fraction of sp³-hybridized carbons (Fsp3) is 0.226. The van der Waals surface area contributed by atoms with E-state index >= 15 is 0 Å². The Morgan fingerprint density at radius 2 is 1.72 bits per heavy atom. The number of rotatable bonds is 6. The Bertz CT molecular complexity index is 1540. The zero-order valence-electron chi connectivity index (χ0n) is 22.3. The number of benzene rings is 4. The molecular formula is C31H32BN3O4. The van der Waals surface area contributed by atoms with Crippen LogP contribution >= 0.6 is 0 Å². The number of amides is 2. The lowest BCUT2D eigenvalue weighted by atomic mass is 9.79. The number of carbonyl (C=O) groups is 2. The molecular weight excluding hydrogens is 489 g/mol. The van der Waals surface area contributed by atoms with Crippen molar-refractivity contribution in [2.24, 2.45) is 0 Å². The van der Waals surface area contributed by atoms with E-state index in [-0.39, 0.29) is 23.9 Å². The molecule has 0 spiro atoms. The first-order chi connectivity index (χ1) is 18.8. The highest BCUT2D eigenvalue weighted by Crippen LogP contribution is 2.40. The van der Waals surface area contributed by atoms with Gasteiger partial charge in [0.2, 0.25) is 5.91 Å². The van der Waals surface area contributed by atoms with Gasteiger partial charge in [0.25, 0.3) is 5.91 Å². The maximum atomic E-state index is 13.6. The van der Waals surface area contributed by atoms with Crippen molar-refractivity contribution in [2.45, 2.75) is 38.9 Å². The van der Waals surface area contributed by atoms with Crippen LogP contribution in [0.5, 0.6) is 0 Å². The van der Waals surface area contributed by atoms with Crippen molar-refractivity contribution in [2.75, 3.05) is 11.9 Å². The molecule has 1 heterocycles. The molecule has 0 saturated carbocycles. The second kappa shape index (κ2) is 11.0. The van der Waals surface area contributed by atoms with E-state index in [1.54, 1.807) is 42.2 Å². The average Bonchev–Trinajstić information content (AvgIpc) is 2.92. The van der Waals surface area contributed by atoms with Crippen LogP contribution in [0, 0.1) is 0 Å². The zero-order chi connectivity index (χ0) is 27.7. The van der Waals surface area contributed by atoms with E-state index in [0.717, 1.165) is 39.7 Å². The third-order valence-corrected chi connectivity index (χ3v) is 7.44. The monoisotopic (exact) mass is 521 g/mol. The summed E-state index contributed by atoms with van der Waals surface area (Å²) in [5.74, 6) is -0.257. The topological polar surface area (TPSA) is 102 Å². The van der Waals surface area contributed by atoms with E-state index in [2.05, 4.69) is 41.0 Å². The van der Waals surface area contributed by atoms with Crippen LogP contribution in [-0.4, -0.2) is 42.1 Å². The lowest BCUT2D eigenvalue weighted by Crippen LogP contribution is -2.45. The van der Waals surface area contributed by atoms with Crippen LogP contribution in [0.3, 0.4) is 0 Å². The molecule has 0 fully saturated rings. The van der Waals surface area contributed by atoms with Gasteiger partial charge in [0.1, 0.15) is 0 Å². The lowest BCUT2D eigenvalue weighted by molar-refractivity contribution is -0.117. The molecule has 0 saturated heterocycles. The predicted molar refractivity (Wildman–Crippen MR) is 156 cm³/mol. The lowest BCUT2D eigenvalue weighted by Gasteiger charge is -2.39. The predicted octanol–water partition coefficient (Wildman–Crippen LogP) is 3.52. The van der Waals surface area contributed by atoms with Gasteiger partial charge < -0.3 is 25.6 Å². The van der Waals surface area contributed by atoms with E-state index in [9.17, 15) is 19.6 Å². The molecule has 2 atom stereocenters. The summed E-state index contributed by atoms with van der Waals surface area (Å²) < 4.78 is 0. The first-order valence-corrected chi connectivity index (χ1v) is 13.1. The van der Waals surface area contributed by atoms with Gasteiger partial charge in [-0.05, 0) is 77.1 Å². The molecule has 4 aromatic rings. The minimum Gasteiger partial charge on any atom is -0.423 e. The fourth-order valence-electron chi connectivity index (χ4n) is 5.58. The smallest absolute Gasteiger partial charge is 0.423 e. The quantitative estimate of drug-likeness (QED) is 0.291. The molecule has 4 aromatic carbocycles. The number of hydrogen-bond acceptors (Lipinski definition) is 5. The molecule has 0 radical (unpaired) electrons. The van der Waals surface area contributed by atoms with E-state index in [0.29, 0.717) is 17.4 Å². The number of hydrogen-bond donors (Lipinski definition) is 4. The van der Waals surface area contributed by atoms with Crippen molar-refractivity contribution in [3.05, 3.63) is 95.6 Å². The van der Waals surface area contributed by atoms with Crippen LogP contribution in [0.2, 0.25) is 0 Å². The number of anilines is 1. The van der Waals surface area contributed by atoms with Crippen LogP contribution in [0.15, 0.2) is 78.9 Å². The van der Waals surface area contributed by atoms with E-state index in [4.69, 9.17) is 0 Å². The third-order valence-electron chi connectivity index (χ3n) is 7.44.